The van der Waals surface area contributed by atoms with Gasteiger partial charge in [0.15, 0.2) is 0 Å². The molecule has 27 heavy (non-hydrogen) atoms. The molecule has 2 N–H and O–H groups in total. The minimum Gasteiger partial charge on any atom is -0.481 e. The molecule has 0 bridgehead atoms. The highest BCUT2D eigenvalue weighted by molar-refractivity contribution is 5.90. The molecule has 1 fully saturated rings. The van der Waals surface area contributed by atoms with E-state index in [2.05, 4.69) is 0 Å². The molecule has 0 aromatic rings. The lowest BCUT2D eigenvalue weighted by Crippen LogP contribution is -2.49. The molecule has 8 heteroatoms. The summed E-state index contributed by atoms with van der Waals surface area (Å²) in [6.45, 7) is 1.85. The molecular formula is C19H30O8. The zero-order valence-corrected chi connectivity index (χ0v) is 15.9. The van der Waals surface area contributed by atoms with Gasteiger partial charge in [-0.3, -0.25) is 14.4 Å². The predicted molar refractivity (Wildman–Crippen MR) is 95.0 cm³/mol. The zero-order valence-electron chi connectivity index (χ0n) is 15.9. The summed E-state index contributed by atoms with van der Waals surface area (Å²) in [4.78, 5) is 45.1. The molecule has 0 spiro atoms. The number of aliphatic carboxylic acids is 2. The van der Waals surface area contributed by atoms with Crippen LogP contribution in [0.3, 0.4) is 0 Å². The first-order valence-electron chi connectivity index (χ1n) is 9.61. The Morgan fingerprint density at radius 2 is 1.59 bits per heavy atom. The molecule has 0 radical (unpaired) electrons. The monoisotopic (exact) mass is 386 g/mol. The largest absolute Gasteiger partial charge is 0.481 e. The van der Waals surface area contributed by atoms with Crippen LogP contribution in [0.1, 0.15) is 77.6 Å². The highest BCUT2D eigenvalue weighted by Gasteiger charge is 2.56. The summed E-state index contributed by atoms with van der Waals surface area (Å²) >= 11 is 0. The standard InChI is InChI=1S/C19H30O8/c1-14(20)26-13-9-7-5-3-2-4-6-8-10-15(17(22)23)19(18(24)25)12-11-16(21)27-19/h15H,2-13H2,1H3,(H,22,23)(H,24,25). The van der Waals surface area contributed by atoms with E-state index in [1.54, 1.807) is 0 Å². The summed E-state index contributed by atoms with van der Waals surface area (Å²) in [5.41, 5.74) is -1.93. The van der Waals surface area contributed by atoms with Crippen molar-refractivity contribution in [2.75, 3.05) is 6.61 Å². The molecule has 1 rings (SSSR count). The Bertz CT molecular complexity index is 530. The van der Waals surface area contributed by atoms with E-state index < -0.39 is 29.4 Å². The van der Waals surface area contributed by atoms with Crippen molar-refractivity contribution >= 4 is 23.9 Å². The van der Waals surface area contributed by atoms with Gasteiger partial charge in [0.25, 0.3) is 0 Å². The van der Waals surface area contributed by atoms with E-state index in [9.17, 15) is 29.4 Å². The number of cyclic esters (lactones) is 1. The summed E-state index contributed by atoms with van der Waals surface area (Å²) < 4.78 is 9.80. The fraction of sp³-hybridized carbons (Fsp3) is 0.789. The fourth-order valence-corrected chi connectivity index (χ4v) is 3.42. The van der Waals surface area contributed by atoms with Crippen molar-refractivity contribution in [3.8, 4) is 0 Å². The summed E-state index contributed by atoms with van der Waals surface area (Å²) in [5, 5.41) is 18.9. The van der Waals surface area contributed by atoms with Crippen LogP contribution in [-0.4, -0.2) is 46.3 Å². The number of ether oxygens (including phenoxy) is 2. The van der Waals surface area contributed by atoms with Crippen LogP contribution in [0.5, 0.6) is 0 Å². The minimum atomic E-state index is -1.93. The van der Waals surface area contributed by atoms with Crippen molar-refractivity contribution in [2.24, 2.45) is 5.92 Å². The van der Waals surface area contributed by atoms with Crippen LogP contribution < -0.4 is 0 Å². The number of unbranched alkanes of at least 4 members (excludes halogenated alkanes) is 7. The van der Waals surface area contributed by atoms with E-state index in [1.165, 1.54) is 6.92 Å². The number of esters is 2. The van der Waals surface area contributed by atoms with Crippen LogP contribution in [0.15, 0.2) is 0 Å². The van der Waals surface area contributed by atoms with Crippen LogP contribution in [0.2, 0.25) is 0 Å². The van der Waals surface area contributed by atoms with Crippen molar-refractivity contribution < 1.29 is 38.9 Å². The van der Waals surface area contributed by atoms with Crippen molar-refractivity contribution in [1.82, 2.24) is 0 Å². The number of hydrogen-bond acceptors (Lipinski definition) is 6. The number of rotatable bonds is 14. The second-order valence-electron chi connectivity index (χ2n) is 7.02. The Balaban J connectivity index is 2.23. The van der Waals surface area contributed by atoms with Crippen molar-refractivity contribution in [1.29, 1.82) is 0 Å². The van der Waals surface area contributed by atoms with E-state index >= 15 is 0 Å². The minimum absolute atomic E-state index is 0.0620. The number of carbonyl (C=O) groups excluding carboxylic acids is 2. The average molecular weight is 386 g/mol. The van der Waals surface area contributed by atoms with Gasteiger partial charge in [-0.25, -0.2) is 4.79 Å². The molecule has 2 atom stereocenters. The second kappa shape index (κ2) is 11.6. The Morgan fingerprint density at radius 3 is 2.04 bits per heavy atom. The number of hydrogen-bond donors (Lipinski definition) is 2. The van der Waals surface area contributed by atoms with Crippen LogP contribution >= 0.6 is 0 Å². The lowest BCUT2D eigenvalue weighted by molar-refractivity contribution is -0.182. The van der Waals surface area contributed by atoms with Gasteiger partial charge >= 0.3 is 23.9 Å². The second-order valence-corrected chi connectivity index (χ2v) is 7.02. The van der Waals surface area contributed by atoms with Crippen LogP contribution in [-0.2, 0) is 28.7 Å². The molecule has 0 amide bonds. The van der Waals surface area contributed by atoms with Crippen LogP contribution in [0.4, 0.5) is 0 Å². The van der Waals surface area contributed by atoms with Gasteiger partial charge in [0.2, 0.25) is 5.60 Å². The van der Waals surface area contributed by atoms with Crippen LogP contribution in [0, 0.1) is 5.92 Å². The van der Waals surface area contributed by atoms with Gasteiger partial charge in [-0.2, -0.15) is 0 Å². The third-order valence-electron chi connectivity index (χ3n) is 4.91. The Morgan fingerprint density at radius 1 is 1.04 bits per heavy atom. The molecule has 1 aliphatic rings. The molecule has 1 heterocycles. The summed E-state index contributed by atoms with van der Waals surface area (Å²) in [7, 11) is 0. The quantitative estimate of drug-likeness (QED) is 0.344. The van der Waals surface area contributed by atoms with E-state index in [4.69, 9.17) is 9.47 Å². The average Bonchev–Trinajstić information content (AvgIpc) is 2.98. The van der Waals surface area contributed by atoms with Gasteiger partial charge in [-0.1, -0.05) is 44.9 Å². The summed E-state index contributed by atoms with van der Waals surface area (Å²) in [6.07, 6.45) is 7.33. The first kappa shape index (κ1) is 22.9. The molecule has 2 unspecified atom stereocenters. The maximum atomic E-state index is 11.6. The Kier molecular flexibility index (Phi) is 9.82. The van der Waals surface area contributed by atoms with E-state index in [0.29, 0.717) is 13.0 Å². The molecule has 1 aliphatic heterocycles. The molecule has 0 aliphatic carbocycles. The molecule has 0 aromatic heterocycles. The van der Waals surface area contributed by atoms with Gasteiger partial charge in [0.1, 0.15) is 5.92 Å². The van der Waals surface area contributed by atoms with Gasteiger partial charge in [0, 0.05) is 19.8 Å². The molecule has 1 saturated heterocycles. The van der Waals surface area contributed by atoms with Crippen molar-refractivity contribution in [2.45, 2.75) is 83.2 Å². The third kappa shape index (κ3) is 7.56. The van der Waals surface area contributed by atoms with E-state index in [1.807, 2.05) is 0 Å². The highest BCUT2D eigenvalue weighted by Crippen LogP contribution is 2.37. The number of carbonyl (C=O) groups is 4. The molecule has 0 saturated carbocycles. The van der Waals surface area contributed by atoms with Gasteiger partial charge < -0.3 is 19.7 Å². The molecule has 0 aromatic carbocycles. The van der Waals surface area contributed by atoms with Gasteiger partial charge in [0.05, 0.1) is 6.61 Å². The molecular weight excluding hydrogens is 356 g/mol. The van der Waals surface area contributed by atoms with Crippen molar-refractivity contribution in [3.63, 3.8) is 0 Å². The van der Waals surface area contributed by atoms with Gasteiger partial charge in [-0.05, 0) is 12.8 Å². The third-order valence-corrected chi connectivity index (χ3v) is 4.91. The predicted octanol–water partition coefficient (Wildman–Crippen LogP) is 2.92. The zero-order chi connectivity index (χ0) is 20.3. The van der Waals surface area contributed by atoms with E-state index in [0.717, 1.165) is 44.9 Å². The maximum absolute atomic E-state index is 11.6. The first-order chi connectivity index (χ1) is 12.8. The smallest absolute Gasteiger partial charge is 0.349 e. The number of carboxylic acids is 2. The number of carboxylic acid groups (broad SMARTS) is 2. The summed E-state index contributed by atoms with van der Waals surface area (Å²) in [5.74, 6) is -4.75. The summed E-state index contributed by atoms with van der Waals surface area (Å²) in [6, 6.07) is 0. The Labute approximate surface area is 159 Å². The lowest BCUT2D eigenvalue weighted by Gasteiger charge is -2.29. The highest BCUT2D eigenvalue weighted by atomic mass is 16.6. The first-order valence-corrected chi connectivity index (χ1v) is 9.61. The van der Waals surface area contributed by atoms with E-state index in [-0.39, 0.29) is 25.2 Å². The van der Waals surface area contributed by atoms with Crippen molar-refractivity contribution in [3.05, 3.63) is 0 Å². The maximum Gasteiger partial charge on any atom is 0.349 e. The van der Waals surface area contributed by atoms with Gasteiger partial charge in [-0.15, -0.1) is 0 Å². The molecule has 154 valence electrons. The SMILES string of the molecule is CC(=O)OCCCCCCCCCCC(C(=O)O)C1(C(=O)O)CCC(=O)O1. The topological polar surface area (TPSA) is 127 Å². The lowest BCUT2D eigenvalue weighted by atomic mass is 9.81. The normalized spacial score (nSPS) is 20.1. The molecule has 8 nitrogen and oxygen atoms in total. The Hall–Kier alpha value is -2.12. The fourth-order valence-electron chi connectivity index (χ4n) is 3.42. The van der Waals surface area contributed by atoms with Crippen LogP contribution in [0.25, 0.3) is 0 Å².